The summed E-state index contributed by atoms with van der Waals surface area (Å²) in [6, 6.07) is 7.01. The molecule has 0 heterocycles. The second-order valence-corrected chi connectivity index (χ2v) is 4.84. The number of carbonyl (C=O) groups excluding carboxylic acids is 1. The first kappa shape index (κ1) is 16.1. The summed E-state index contributed by atoms with van der Waals surface area (Å²) in [6.07, 6.45) is 0. The van der Waals surface area contributed by atoms with Crippen LogP contribution in [0.15, 0.2) is 36.4 Å². The summed E-state index contributed by atoms with van der Waals surface area (Å²) in [4.78, 5) is 11.7. The molecule has 1 atom stereocenters. The van der Waals surface area contributed by atoms with Gasteiger partial charge in [-0.15, -0.1) is 0 Å². The summed E-state index contributed by atoms with van der Waals surface area (Å²) in [5, 5.41) is 0. The summed E-state index contributed by atoms with van der Waals surface area (Å²) >= 11 is 0. The molecule has 0 aromatic heterocycles. The number of carbonyl (C=O) groups is 1. The van der Waals surface area contributed by atoms with E-state index in [-0.39, 0.29) is 17.7 Å². The van der Waals surface area contributed by atoms with Crippen molar-refractivity contribution in [2.45, 2.75) is 19.8 Å². The van der Waals surface area contributed by atoms with Crippen LogP contribution in [-0.4, -0.2) is 12.6 Å². The largest absolute Gasteiger partial charge is 0.466 e. The van der Waals surface area contributed by atoms with Crippen LogP contribution in [0.25, 0.3) is 11.1 Å². The molecule has 0 spiro atoms. The van der Waals surface area contributed by atoms with Crippen LogP contribution in [0.1, 0.15) is 25.3 Å². The van der Waals surface area contributed by atoms with E-state index in [9.17, 15) is 18.0 Å². The van der Waals surface area contributed by atoms with Gasteiger partial charge in [-0.2, -0.15) is 0 Å². The van der Waals surface area contributed by atoms with Crippen molar-refractivity contribution >= 4 is 5.97 Å². The second kappa shape index (κ2) is 6.64. The minimum Gasteiger partial charge on any atom is -0.466 e. The molecule has 2 rings (SSSR count). The lowest BCUT2D eigenvalue weighted by Gasteiger charge is -2.12. The topological polar surface area (TPSA) is 26.3 Å². The highest BCUT2D eigenvalue weighted by Gasteiger charge is 2.19. The zero-order chi connectivity index (χ0) is 16.3. The van der Waals surface area contributed by atoms with E-state index in [0.29, 0.717) is 11.6 Å². The van der Waals surface area contributed by atoms with Gasteiger partial charge in [-0.25, -0.2) is 13.2 Å². The molecule has 0 amide bonds. The molecule has 0 aliphatic rings. The summed E-state index contributed by atoms with van der Waals surface area (Å²) in [5.74, 6) is -3.33. The molecule has 0 saturated carbocycles. The lowest BCUT2D eigenvalue weighted by Crippen LogP contribution is -2.13. The summed E-state index contributed by atoms with van der Waals surface area (Å²) in [7, 11) is 0. The van der Waals surface area contributed by atoms with Gasteiger partial charge in [-0.3, -0.25) is 4.79 Å². The van der Waals surface area contributed by atoms with E-state index in [1.165, 1.54) is 24.3 Å². The van der Waals surface area contributed by atoms with Crippen LogP contribution in [0, 0.1) is 17.5 Å². The molecular formula is C17H15F3O2. The molecule has 2 nitrogen and oxygen atoms in total. The molecule has 22 heavy (non-hydrogen) atoms. The highest BCUT2D eigenvalue weighted by atomic mass is 19.1. The van der Waals surface area contributed by atoms with Gasteiger partial charge in [0.25, 0.3) is 0 Å². The number of ether oxygens (including phenoxy) is 1. The number of esters is 1. The zero-order valence-electron chi connectivity index (χ0n) is 12.2. The first-order valence-corrected chi connectivity index (χ1v) is 6.85. The van der Waals surface area contributed by atoms with Gasteiger partial charge in [0.15, 0.2) is 0 Å². The Bertz CT molecular complexity index is 698. The van der Waals surface area contributed by atoms with Crippen LogP contribution in [0.5, 0.6) is 0 Å². The third-order valence-electron chi connectivity index (χ3n) is 3.35. The molecule has 2 aromatic carbocycles. The van der Waals surface area contributed by atoms with E-state index in [1.54, 1.807) is 13.8 Å². The first-order valence-electron chi connectivity index (χ1n) is 6.85. The van der Waals surface area contributed by atoms with Crippen molar-refractivity contribution < 1.29 is 22.7 Å². The maximum Gasteiger partial charge on any atom is 0.313 e. The molecule has 0 N–H and O–H groups in total. The van der Waals surface area contributed by atoms with Crippen molar-refractivity contribution in [3.63, 3.8) is 0 Å². The molecule has 1 unspecified atom stereocenters. The molecule has 0 aliphatic carbocycles. The lowest BCUT2D eigenvalue weighted by molar-refractivity contribution is -0.144. The summed E-state index contributed by atoms with van der Waals surface area (Å²) in [5.41, 5.74) is 0.411. The summed E-state index contributed by atoms with van der Waals surface area (Å²) in [6.45, 7) is 3.53. The average molecular weight is 308 g/mol. The smallest absolute Gasteiger partial charge is 0.313 e. The summed E-state index contributed by atoms with van der Waals surface area (Å²) < 4.78 is 45.7. The minimum absolute atomic E-state index is 0.0114. The monoisotopic (exact) mass is 308 g/mol. The fourth-order valence-corrected chi connectivity index (χ4v) is 2.13. The van der Waals surface area contributed by atoms with Crippen LogP contribution in [0.2, 0.25) is 0 Å². The fourth-order valence-electron chi connectivity index (χ4n) is 2.13. The van der Waals surface area contributed by atoms with Crippen molar-refractivity contribution in [2.24, 2.45) is 0 Å². The lowest BCUT2D eigenvalue weighted by atomic mass is 9.96. The number of benzene rings is 2. The number of hydrogen-bond donors (Lipinski definition) is 0. The van der Waals surface area contributed by atoms with Crippen LogP contribution < -0.4 is 0 Å². The Hall–Kier alpha value is -2.30. The van der Waals surface area contributed by atoms with Gasteiger partial charge < -0.3 is 4.74 Å². The standard InChI is InChI=1S/C17H15F3O2/c1-3-22-17(21)10(2)11-4-6-13(15(19)8-11)14-7-5-12(18)9-16(14)20/h4-10H,3H2,1-2H3. The first-order chi connectivity index (χ1) is 10.4. The highest BCUT2D eigenvalue weighted by molar-refractivity contribution is 5.78. The molecule has 0 aliphatic heterocycles. The maximum atomic E-state index is 14.2. The van der Waals surface area contributed by atoms with Crippen molar-refractivity contribution in [3.05, 3.63) is 59.4 Å². The van der Waals surface area contributed by atoms with Crippen molar-refractivity contribution in [1.29, 1.82) is 0 Å². The Morgan fingerprint density at radius 1 is 1.05 bits per heavy atom. The number of rotatable bonds is 4. The molecular weight excluding hydrogens is 293 g/mol. The quantitative estimate of drug-likeness (QED) is 0.781. The number of halogens is 3. The zero-order valence-corrected chi connectivity index (χ0v) is 12.2. The van der Waals surface area contributed by atoms with Crippen molar-refractivity contribution in [1.82, 2.24) is 0 Å². The van der Waals surface area contributed by atoms with Gasteiger partial charge in [0.05, 0.1) is 12.5 Å². The molecule has 0 fully saturated rings. The van der Waals surface area contributed by atoms with Gasteiger partial charge in [-0.1, -0.05) is 12.1 Å². The van der Waals surface area contributed by atoms with E-state index >= 15 is 0 Å². The van der Waals surface area contributed by atoms with Crippen molar-refractivity contribution in [2.75, 3.05) is 6.61 Å². The van der Waals surface area contributed by atoms with E-state index in [1.807, 2.05) is 0 Å². The van der Waals surface area contributed by atoms with Gasteiger partial charge in [0, 0.05) is 17.2 Å². The van der Waals surface area contributed by atoms with E-state index in [0.717, 1.165) is 6.07 Å². The van der Waals surface area contributed by atoms with Crippen LogP contribution >= 0.6 is 0 Å². The predicted molar refractivity (Wildman–Crippen MR) is 76.8 cm³/mol. The van der Waals surface area contributed by atoms with Crippen LogP contribution in [0.3, 0.4) is 0 Å². The molecule has 2 aromatic rings. The van der Waals surface area contributed by atoms with Crippen LogP contribution in [-0.2, 0) is 9.53 Å². The Kier molecular flexibility index (Phi) is 4.85. The van der Waals surface area contributed by atoms with Gasteiger partial charge in [0.1, 0.15) is 17.5 Å². The van der Waals surface area contributed by atoms with E-state index in [2.05, 4.69) is 0 Å². The Morgan fingerprint density at radius 2 is 1.64 bits per heavy atom. The van der Waals surface area contributed by atoms with Gasteiger partial charge in [-0.05, 0) is 37.6 Å². The number of hydrogen-bond acceptors (Lipinski definition) is 2. The maximum absolute atomic E-state index is 14.2. The predicted octanol–water partition coefficient (Wildman–Crippen LogP) is 4.44. The molecule has 0 bridgehead atoms. The highest BCUT2D eigenvalue weighted by Crippen LogP contribution is 2.29. The third-order valence-corrected chi connectivity index (χ3v) is 3.35. The molecule has 0 saturated heterocycles. The van der Waals surface area contributed by atoms with Gasteiger partial charge >= 0.3 is 5.97 Å². The molecule has 0 radical (unpaired) electrons. The van der Waals surface area contributed by atoms with Gasteiger partial charge in [0.2, 0.25) is 0 Å². The average Bonchev–Trinajstić information content (AvgIpc) is 2.47. The van der Waals surface area contributed by atoms with Crippen LogP contribution in [0.4, 0.5) is 13.2 Å². The Balaban J connectivity index is 2.36. The van der Waals surface area contributed by atoms with E-state index in [4.69, 9.17) is 4.74 Å². The van der Waals surface area contributed by atoms with Crippen molar-refractivity contribution in [3.8, 4) is 11.1 Å². The second-order valence-electron chi connectivity index (χ2n) is 4.84. The van der Waals surface area contributed by atoms with E-state index < -0.39 is 29.3 Å². The normalized spacial score (nSPS) is 12.0. The third kappa shape index (κ3) is 3.30. The molecule has 116 valence electrons. The Labute approximate surface area is 126 Å². The fraction of sp³-hybridized carbons (Fsp3) is 0.235. The Morgan fingerprint density at radius 3 is 2.18 bits per heavy atom. The SMILES string of the molecule is CCOC(=O)C(C)c1ccc(-c2ccc(F)cc2F)c(F)c1. The molecule has 5 heteroatoms. The minimum atomic E-state index is -0.843.